The van der Waals surface area contributed by atoms with Gasteiger partial charge in [-0.1, -0.05) is 0 Å². The Morgan fingerprint density at radius 1 is 1.28 bits per heavy atom. The minimum Gasteiger partial charge on any atom is -0.497 e. The van der Waals surface area contributed by atoms with E-state index in [9.17, 15) is 0 Å². The summed E-state index contributed by atoms with van der Waals surface area (Å²) < 4.78 is 5.15. The van der Waals surface area contributed by atoms with Crippen LogP contribution >= 0.6 is 0 Å². The molecule has 0 bridgehead atoms. The molecule has 1 aromatic heterocycles. The molecule has 1 N–H and O–H groups in total. The quantitative estimate of drug-likeness (QED) is 0.894. The highest BCUT2D eigenvalue weighted by atomic mass is 16.5. The summed E-state index contributed by atoms with van der Waals surface area (Å²) in [5.74, 6) is 0.830. The van der Waals surface area contributed by atoms with Gasteiger partial charge in [-0.2, -0.15) is 5.26 Å². The molecule has 4 nitrogen and oxygen atoms in total. The molecule has 1 heterocycles. The van der Waals surface area contributed by atoms with Gasteiger partial charge in [0.25, 0.3) is 0 Å². The van der Waals surface area contributed by atoms with Crippen LogP contribution in [-0.4, -0.2) is 12.1 Å². The third-order valence-corrected chi connectivity index (χ3v) is 2.59. The molecule has 0 aliphatic carbocycles. The van der Waals surface area contributed by atoms with Crippen LogP contribution in [0.4, 0.5) is 11.4 Å². The smallest absolute Gasteiger partial charge is 0.140 e. The number of hydrogen-bond acceptors (Lipinski definition) is 4. The van der Waals surface area contributed by atoms with E-state index in [2.05, 4.69) is 10.3 Å². The van der Waals surface area contributed by atoms with Crippen molar-refractivity contribution in [2.24, 2.45) is 0 Å². The second-order valence-corrected chi connectivity index (χ2v) is 3.85. The van der Waals surface area contributed by atoms with Crippen molar-refractivity contribution in [2.75, 3.05) is 12.4 Å². The fourth-order valence-electron chi connectivity index (χ4n) is 1.59. The van der Waals surface area contributed by atoms with Crippen molar-refractivity contribution in [1.82, 2.24) is 4.98 Å². The lowest BCUT2D eigenvalue weighted by molar-refractivity contribution is 0.414. The standard InChI is InChI=1S/C14H13N3O/c1-10-7-13(18-2)5-6-14(10)17-12-4-3-11(8-15)16-9-12/h3-7,9,17H,1-2H3. The van der Waals surface area contributed by atoms with Gasteiger partial charge in [0, 0.05) is 5.69 Å². The number of hydrogen-bond donors (Lipinski definition) is 1. The predicted octanol–water partition coefficient (Wildman–Crippen LogP) is 3.01. The highest BCUT2D eigenvalue weighted by molar-refractivity contribution is 5.63. The lowest BCUT2D eigenvalue weighted by Crippen LogP contribution is -1.95. The van der Waals surface area contributed by atoms with Crippen LogP contribution in [0.15, 0.2) is 36.5 Å². The topological polar surface area (TPSA) is 57.9 Å². The molecule has 0 aliphatic rings. The molecule has 0 amide bonds. The van der Waals surface area contributed by atoms with Crippen molar-refractivity contribution < 1.29 is 4.74 Å². The van der Waals surface area contributed by atoms with Crippen LogP contribution in [0.25, 0.3) is 0 Å². The first-order chi connectivity index (χ1) is 8.72. The Labute approximate surface area is 106 Å². The van der Waals surface area contributed by atoms with Crippen LogP contribution < -0.4 is 10.1 Å². The number of aromatic nitrogens is 1. The second kappa shape index (κ2) is 5.19. The second-order valence-electron chi connectivity index (χ2n) is 3.85. The van der Waals surface area contributed by atoms with E-state index < -0.39 is 0 Å². The number of aryl methyl sites for hydroxylation is 1. The van der Waals surface area contributed by atoms with E-state index in [1.54, 1.807) is 19.4 Å². The fraction of sp³-hybridized carbons (Fsp3) is 0.143. The molecular formula is C14H13N3O. The lowest BCUT2D eigenvalue weighted by atomic mass is 10.2. The third kappa shape index (κ3) is 2.58. The highest BCUT2D eigenvalue weighted by Gasteiger charge is 2.01. The van der Waals surface area contributed by atoms with Crippen LogP contribution in [0.5, 0.6) is 5.75 Å². The van der Waals surface area contributed by atoms with Gasteiger partial charge in [-0.3, -0.25) is 0 Å². The van der Waals surface area contributed by atoms with Crippen molar-refractivity contribution >= 4 is 11.4 Å². The Morgan fingerprint density at radius 3 is 2.67 bits per heavy atom. The maximum Gasteiger partial charge on any atom is 0.140 e. The zero-order chi connectivity index (χ0) is 13.0. The summed E-state index contributed by atoms with van der Waals surface area (Å²) in [4.78, 5) is 4.01. The largest absolute Gasteiger partial charge is 0.497 e. The van der Waals surface area contributed by atoms with Gasteiger partial charge >= 0.3 is 0 Å². The van der Waals surface area contributed by atoms with Gasteiger partial charge in [0.15, 0.2) is 0 Å². The Morgan fingerprint density at radius 2 is 2.11 bits per heavy atom. The van der Waals surface area contributed by atoms with E-state index in [1.165, 1.54) is 0 Å². The van der Waals surface area contributed by atoms with Gasteiger partial charge in [-0.05, 0) is 42.8 Å². The predicted molar refractivity (Wildman–Crippen MR) is 70.0 cm³/mol. The summed E-state index contributed by atoms with van der Waals surface area (Å²) >= 11 is 0. The molecule has 2 rings (SSSR count). The first-order valence-corrected chi connectivity index (χ1v) is 5.51. The van der Waals surface area contributed by atoms with Crippen LogP contribution in [0, 0.1) is 18.3 Å². The molecule has 2 aromatic rings. The lowest BCUT2D eigenvalue weighted by Gasteiger charge is -2.10. The average Bonchev–Trinajstić information content (AvgIpc) is 2.42. The SMILES string of the molecule is COc1ccc(Nc2ccc(C#N)nc2)c(C)c1. The van der Waals surface area contributed by atoms with Gasteiger partial charge in [0.1, 0.15) is 17.5 Å². The molecule has 1 aromatic carbocycles. The Hall–Kier alpha value is -2.54. The van der Waals surface area contributed by atoms with E-state index >= 15 is 0 Å². The maximum atomic E-state index is 8.67. The summed E-state index contributed by atoms with van der Waals surface area (Å²) in [7, 11) is 1.65. The molecule has 0 unspecified atom stereocenters. The maximum absolute atomic E-state index is 8.67. The zero-order valence-corrected chi connectivity index (χ0v) is 10.3. The van der Waals surface area contributed by atoms with E-state index in [4.69, 9.17) is 10.00 Å². The van der Waals surface area contributed by atoms with Crippen molar-refractivity contribution in [1.29, 1.82) is 5.26 Å². The number of methoxy groups -OCH3 is 1. The summed E-state index contributed by atoms with van der Waals surface area (Å²) in [6.07, 6.45) is 1.64. The van der Waals surface area contributed by atoms with Crippen molar-refractivity contribution in [3.8, 4) is 11.8 Å². The van der Waals surface area contributed by atoms with Gasteiger partial charge in [0.2, 0.25) is 0 Å². The number of nitrogens with zero attached hydrogens (tertiary/aromatic N) is 2. The Bertz CT molecular complexity index is 585. The molecule has 4 heteroatoms. The molecule has 0 atom stereocenters. The van der Waals surface area contributed by atoms with Crippen LogP contribution in [0.2, 0.25) is 0 Å². The fourth-order valence-corrected chi connectivity index (χ4v) is 1.59. The summed E-state index contributed by atoms with van der Waals surface area (Å²) in [5, 5.41) is 11.9. The molecule has 0 saturated heterocycles. The Kier molecular flexibility index (Phi) is 3.44. The van der Waals surface area contributed by atoms with E-state index in [1.807, 2.05) is 37.3 Å². The summed E-state index contributed by atoms with van der Waals surface area (Å²) in [5.41, 5.74) is 3.33. The van der Waals surface area contributed by atoms with Crippen LogP contribution in [0.1, 0.15) is 11.3 Å². The molecule has 0 saturated carbocycles. The van der Waals surface area contributed by atoms with Crippen molar-refractivity contribution in [2.45, 2.75) is 6.92 Å². The molecule has 0 radical (unpaired) electrons. The number of rotatable bonds is 3. The normalized spacial score (nSPS) is 9.61. The number of benzene rings is 1. The summed E-state index contributed by atoms with van der Waals surface area (Å²) in [6, 6.07) is 11.3. The minimum atomic E-state index is 0.409. The first kappa shape index (κ1) is 11.9. The van der Waals surface area contributed by atoms with Crippen LogP contribution in [-0.2, 0) is 0 Å². The van der Waals surface area contributed by atoms with Gasteiger partial charge < -0.3 is 10.1 Å². The van der Waals surface area contributed by atoms with E-state index in [0.717, 1.165) is 22.7 Å². The number of pyridine rings is 1. The monoisotopic (exact) mass is 239 g/mol. The number of nitriles is 1. The van der Waals surface area contributed by atoms with E-state index in [-0.39, 0.29) is 0 Å². The van der Waals surface area contributed by atoms with E-state index in [0.29, 0.717) is 5.69 Å². The molecule has 18 heavy (non-hydrogen) atoms. The summed E-state index contributed by atoms with van der Waals surface area (Å²) in [6.45, 7) is 2.00. The molecule has 0 fully saturated rings. The molecule has 0 aliphatic heterocycles. The molecular weight excluding hydrogens is 226 g/mol. The number of anilines is 2. The first-order valence-electron chi connectivity index (χ1n) is 5.51. The van der Waals surface area contributed by atoms with Gasteiger partial charge in [0.05, 0.1) is 19.0 Å². The number of ether oxygens (including phenoxy) is 1. The minimum absolute atomic E-state index is 0.409. The average molecular weight is 239 g/mol. The number of nitrogens with one attached hydrogen (secondary N) is 1. The van der Waals surface area contributed by atoms with Crippen LogP contribution in [0.3, 0.4) is 0 Å². The zero-order valence-electron chi connectivity index (χ0n) is 10.3. The highest BCUT2D eigenvalue weighted by Crippen LogP contribution is 2.24. The Balaban J connectivity index is 2.20. The third-order valence-electron chi connectivity index (χ3n) is 2.59. The van der Waals surface area contributed by atoms with Gasteiger partial charge in [-0.25, -0.2) is 4.98 Å². The molecule has 0 spiro atoms. The molecule has 90 valence electrons. The van der Waals surface area contributed by atoms with Crippen molar-refractivity contribution in [3.63, 3.8) is 0 Å². The van der Waals surface area contributed by atoms with Crippen molar-refractivity contribution in [3.05, 3.63) is 47.8 Å². The van der Waals surface area contributed by atoms with Gasteiger partial charge in [-0.15, -0.1) is 0 Å².